The molecule has 0 radical (unpaired) electrons. The number of carbonyl (C=O) groups is 2. The summed E-state index contributed by atoms with van der Waals surface area (Å²) in [7, 11) is 0. The molecule has 1 aromatic carbocycles. The van der Waals surface area contributed by atoms with E-state index in [1.807, 2.05) is 18.8 Å². The van der Waals surface area contributed by atoms with Crippen molar-refractivity contribution in [3.63, 3.8) is 0 Å². The summed E-state index contributed by atoms with van der Waals surface area (Å²) < 4.78 is 33.4. The summed E-state index contributed by atoms with van der Waals surface area (Å²) in [6, 6.07) is 1.52. The zero-order valence-electron chi connectivity index (χ0n) is 15.0. The van der Waals surface area contributed by atoms with Gasteiger partial charge < -0.3 is 25.7 Å². The number of pyridine rings is 1. The predicted molar refractivity (Wildman–Crippen MR) is 95.7 cm³/mol. The molecule has 0 atom stereocenters. The maximum absolute atomic E-state index is 14.1. The molecule has 2 rings (SSSR count). The second-order valence-electron chi connectivity index (χ2n) is 6.40. The number of nitrogens with one attached hydrogen (secondary N) is 1. The SMILES string of the molecule is CC(C)CCOc1cc(-c2c(C(=O)O)c(N)[nH]c(=O)c2C(=O)O)cc(F)c1F. The van der Waals surface area contributed by atoms with Crippen molar-refractivity contribution in [3.05, 3.63) is 45.2 Å². The lowest BCUT2D eigenvalue weighted by Gasteiger charge is -2.15. The molecular formula is C18H18F2N2O6. The maximum atomic E-state index is 14.1. The van der Waals surface area contributed by atoms with E-state index in [0.29, 0.717) is 12.5 Å². The van der Waals surface area contributed by atoms with Gasteiger partial charge in [0.2, 0.25) is 5.82 Å². The summed E-state index contributed by atoms with van der Waals surface area (Å²) >= 11 is 0. The van der Waals surface area contributed by atoms with Crippen LogP contribution in [0.5, 0.6) is 5.75 Å². The van der Waals surface area contributed by atoms with Gasteiger partial charge in [0.1, 0.15) is 16.9 Å². The average Bonchev–Trinajstić information content (AvgIpc) is 2.56. The quantitative estimate of drug-likeness (QED) is 0.563. The Hall–Kier alpha value is -3.43. The Balaban J connectivity index is 2.77. The van der Waals surface area contributed by atoms with Crippen LogP contribution in [0.1, 0.15) is 41.0 Å². The summed E-state index contributed by atoms with van der Waals surface area (Å²) in [5.41, 5.74) is 1.60. The number of benzene rings is 1. The van der Waals surface area contributed by atoms with Crippen LogP contribution in [-0.4, -0.2) is 33.7 Å². The molecule has 2 aromatic rings. The minimum absolute atomic E-state index is 0.0482. The highest BCUT2D eigenvalue weighted by Crippen LogP contribution is 2.34. The maximum Gasteiger partial charge on any atom is 0.342 e. The molecular weight excluding hydrogens is 378 g/mol. The molecule has 0 aliphatic carbocycles. The first-order valence-corrected chi connectivity index (χ1v) is 8.19. The molecule has 150 valence electrons. The molecule has 0 unspecified atom stereocenters. The van der Waals surface area contributed by atoms with Crippen molar-refractivity contribution in [2.24, 2.45) is 5.92 Å². The molecule has 0 saturated carbocycles. The zero-order chi connectivity index (χ0) is 21.2. The number of aromatic carboxylic acids is 2. The number of nitrogen functional groups attached to an aromatic ring is 1. The molecule has 28 heavy (non-hydrogen) atoms. The van der Waals surface area contributed by atoms with Gasteiger partial charge in [-0.1, -0.05) is 13.8 Å². The Morgan fingerprint density at radius 1 is 1.18 bits per heavy atom. The van der Waals surface area contributed by atoms with Crippen LogP contribution in [0, 0.1) is 17.6 Å². The molecule has 0 aliphatic rings. The predicted octanol–water partition coefficient (Wildman–Crippen LogP) is 2.72. The zero-order valence-corrected chi connectivity index (χ0v) is 15.0. The molecule has 0 spiro atoms. The monoisotopic (exact) mass is 396 g/mol. The number of H-pyrrole nitrogens is 1. The fourth-order valence-electron chi connectivity index (χ4n) is 2.55. The number of anilines is 1. The first-order chi connectivity index (χ1) is 13.0. The van der Waals surface area contributed by atoms with Crippen molar-refractivity contribution in [2.45, 2.75) is 20.3 Å². The van der Waals surface area contributed by atoms with E-state index in [0.717, 1.165) is 6.07 Å². The Bertz CT molecular complexity index is 1000. The van der Waals surface area contributed by atoms with E-state index in [1.165, 1.54) is 0 Å². The molecule has 0 amide bonds. The number of rotatable bonds is 7. The molecule has 0 saturated heterocycles. The number of nitrogens with two attached hydrogens (primary N) is 1. The van der Waals surface area contributed by atoms with E-state index in [4.69, 9.17) is 10.5 Å². The number of aromatic nitrogens is 1. The lowest BCUT2D eigenvalue weighted by atomic mass is 9.95. The van der Waals surface area contributed by atoms with Crippen LogP contribution in [0.3, 0.4) is 0 Å². The van der Waals surface area contributed by atoms with Gasteiger partial charge in [-0.2, -0.15) is 4.39 Å². The van der Waals surface area contributed by atoms with Gasteiger partial charge in [0.25, 0.3) is 5.56 Å². The molecule has 0 fully saturated rings. The topological polar surface area (TPSA) is 143 Å². The van der Waals surface area contributed by atoms with Crippen molar-refractivity contribution < 1.29 is 33.3 Å². The van der Waals surface area contributed by atoms with E-state index >= 15 is 0 Å². The first-order valence-electron chi connectivity index (χ1n) is 8.19. The van der Waals surface area contributed by atoms with E-state index in [1.54, 1.807) is 0 Å². The van der Waals surface area contributed by atoms with Crippen molar-refractivity contribution in [1.29, 1.82) is 0 Å². The minimum Gasteiger partial charge on any atom is -0.490 e. The number of halogens is 2. The fraction of sp³-hybridized carbons (Fsp3) is 0.278. The normalized spacial score (nSPS) is 10.9. The molecule has 1 aromatic heterocycles. The number of hydrogen-bond donors (Lipinski definition) is 4. The van der Waals surface area contributed by atoms with Crippen molar-refractivity contribution in [1.82, 2.24) is 4.98 Å². The van der Waals surface area contributed by atoms with Gasteiger partial charge in [-0.05, 0) is 30.0 Å². The molecule has 1 heterocycles. The van der Waals surface area contributed by atoms with Gasteiger partial charge in [-0.15, -0.1) is 0 Å². The molecule has 8 nitrogen and oxygen atoms in total. The van der Waals surface area contributed by atoms with Crippen LogP contribution >= 0.6 is 0 Å². The average molecular weight is 396 g/mol. The fourth-order valence-corrected chi connectivity index (χ4v) is 2.55. The number of carboxylic acid groups (broad SMARTS) is 2. The van der Waals surface area contributed by atoms with Crippen LogP contribution < -0.4 is 16.0 Å². The summed E-state index contributed by atoms with van der Waals surface area (Å²) in [5, 5.41) is 18.8. The summed E-state index contributed by atoms with van der Waals surface area (Å²) in [6.07, 6.45) is 0.532. The molecule has 0 bridgehead atoms. The van der Waals surface area contributed by atoms with Crippen molar-refractivity contribution in [2.75, 3.05) is 12.3 Å². The van der Waals surface area contributed by atoms with Gasteiger partial charge in [0, 0.05) is 5.56 Å². The number of carboxylic acids is 2. The number of hydrogen-bond acceptors (Lipinski definition) is 5. The van der Waals surface area contributed by atoms with E-state index in [2.05, 4.69) is 0 Å². The Morgan fingerprint density at radius 3 is 2.32 bits per heavy atom. The van der Waals surface area contributed by atoms with E-state index < -0.39 is 57.4 Å². The summed E-state index contributed by atoms with van der Waals surface area (Å²) in [4.78, 5) is 37.1. The molecule has 5 N–H and O–H groups in total. The molecule has 10 heteroatoms. The van der Waals surface area contributed by atoms with E-state index in [-0.39, 0.29) is 18.1 Å². The number of aromatic amines is 1. The lowest BCUT2D eigenvalue weighted by molar-refractivity contribution is 0.0695. The third-order valence-electron chi connectivity index (χ3n) is 3.91. The second-order valence-corrected chi connectivity index (χ2v) is 6.40. The van der Waals surface area contributed by atoms with E-state index in [9.17, 15) is 33.4 Å². The van der Waals surface area contributed by atoms with Crippen LogP contribution in [0.15, 0.2) is 16.9 Å². The van der Waals surface area contributed by atoms with Gasteiger partial charge in [-0.3, -0.25) is 4.79 Å². The highest BCUT2D eigenvalue weighted by atomic mass is 19.2. The van der Waals surface area contributed by atoms with Crippen LogP contribution in [-0.2, 0) is 0 Å². The van der Waals surface area contributed by atoms with Crippen molar-refractivity contribution in [3.8, 4) is 16.9 Å². The minimum atomic E-state index is -1.76. The van der Waals surface area contributed by atoms with Crippen LogP contribution in [0.2, 0.25) is 0 Å². The second kappa shape index (κ2) is 8.07. The number of ether oxygens (including phenoxy) is 1. The van der Waals surface area contributed by atoms with Gasteiger partial charge in [0.05, 0.1) is 6.61 Å². The summed E-state index contributed by atoms with van der Waals surface area (Å²) in [6.45, 7) is 3.84. The summed E-state index contributed by atoms with van der Waals surface area (Å²) in [5.74, 6) is -7.07. The standard InChI is InChI=1S/C18H18F2N2O6/c1-7(2)3-4-28-10-6-8(5-9(19)14(10)20)11-12(17(24)25)15(21)22-16(23)13(11)18(26)27/h5-7H,3-4H2,1-2H3,(H,24,25)(H,26,27)(H3,21,22,23). The van der Waals surface area contributed by atoms with Gasteiger partial charge in [-0.25, -0.2) is 14.0 Å². The van der Waals surface area contributed by atoms with Crippen LogP contribution in [0.25, 0.3) is 11.1 Å². The van der Waals surface area contributed by atoms with Crippen molar-refractivity contribution >= 4 is 17.8 Å². The third-order valence-corrected chi connectivity index (χ3v) is 3.91. The third kappa shape index (κ3) is 4.11. The Labute approximate surface area is 157 Å². The Morgan fingerprint density at radius 2 is 1.79 bits per heavy atom. The Kier molecular flexibility index (Phi) is 6.02. The van der Waals surface area contributed by atoms with Crippen LogP contribution in [0.4, 0.5) is 14.6 Å². The highest BCUT2D eigenvalue weighted by molar-refractivity contribution is 6.07. The van der Waals surface area contributed by atoms with Gasteiger partial charge in [0.15, 0.2) is 11.6 Å². The largest absolute Gasteiger partial charge is 0.490 e. The highest BCUT2D eigenvalue weighted by Gasteiger charge is 2.28. The molecule has 0 aliphatic heterocycles. The lowest BCUT2D eigenvalue weighted by Crippen LogP contribution is -2.24. The first kappa shape index (κ1) is 20.9. The smallest absolute Gasteiger partial charge is 0.342 e. The van der Waals surface area contributed by atoms with Gasteiger partial charge >= 0.3 is 11.9 Å².